The van der Waals surface area contributed by atoms with E-state index in [2.05, 4.69) is 31.0 Å². The molecule has 3 heteroatoms. The molecule has 1 aliphatic carbocycles. The number of carbonyl (C=O) groups is 1. The van der Waals surface area contributed by atoms with E-state index in [0.29, 0.717) is 18.0 Å². The van der Waals surface area contributed by atoms with Crippen LogP contribution in [0.2, 0.25) is 0 Å². The zero-order valence-electron chi connectivity index (χ0n) is 17.1. The van der Waals surface area contributed by atoms with Crippen LogP contribution < -0.4 is 5.32 Å². The normalized spacial score (nSPS) is 25.9. The molecule has 25 heavy (non-hydrogen) atoms. The molecule has 0 radical (unpaired) electrons. The maximum atomic E-state index is 12.9. The third kappa shape index (κ3) is 6.27. The molecule has 2 atom stereocenters. The van der Waals surface area contributed by atoms with Gasteiger partial charge >= 0.3 is 0 Å². The lowest BCUT2D eigenvalue weighted by atomic mass is 9.83. The fourth-order valence-electron chi connectivity index (χ4n) is 4.72. The molecule has 1 saturated heterocycles. The number of carbonyl (C=O) groups excluding carboxylic acids is 1. The van der Waals surface area contributed by atoms with Crippen molar-refractivity contribution in [2.45, 2.75) is 128 Å². The monoisotopic (exact) mass is 350 g/mol. The van der Waals surface area contributed by atoms with Crippen molar-refractivity contribution in [2.24, 2.45) is 0 Å². The number of nitrogens with one attached hydrogen (secondary N) is 1. The van der Waals surface area contributed by atoms with Gasteiger partial charge in [-0.3, -0.25) is 10.1 Å². The summed E-state index contributed by atoms with van der Waals surface area (Å²) in [5.41, 5.74) is -0.378. The quantitative estimate of drug-likeness (QED) is 0.504. The van der Waals surface area contributed by atoms with Crippen LogP contribution in [0.15, 0.2) is 0 Å². The Kier molecular flexibility index (Phi) is 8.75. The minimum absolute atomic E-state index is 0.326. The van der Waals surface area contributed by atoms with Crippen molar-refractivity contribution >= 4 is 5.91 Å². The molecular formula is C22H42N2O. The van der Waals surface area contributed by atoms with E-state index in [1.807, 2.05) is 0 Å². The number of hydrogen-bond acceptors (Lipinski definition) is 2. The van der Waals surface area contributed by atoms with Gasteiger partial charge < -0.3 is 4.90 Å². The van der Waals surface area contributed by atoms with Crippen molar-refractivity contribution < 1.29 is 4.79 Å². The zero-order chi connectivity index (χ0) is 18.1. The van der Waals surface area contributed by atoms with Gasteiger partial charge in [-0.25, -0.2) is 0 Å². The fraction of sp³-hybridized carbons (Fsp3) is 0.955. The Morgan fingerprint density at radius 2 is 1.48 bits per heavy atom. The van der Waals surface area contributed by atoms with E-state index in [-0.39, 0.29) is 5.54 Å². The standard InChI is InChI=1S/C22H42N2O/c1-4-5-6-7-8-9-10-11-12-15-18-24-20-17-14-13-16-19(20)23-22(2,3)21(24)25/h19-20,23H,4-18H2,1-3H3/t19-,20-/m0/s1. The molecule has 1 saturated carbocycles. The number of hydrogen-bond donors (Lipinski definition) is 1. The third-order valence-electron chi connectivity index (χ3n) is 6.22. The Labute approximate surface area is 156 Å². The molecule has 1 heterocycles. The fourth-order valence-corrected chi connectivity index (χ4v) is 4.72. The highest BCUT2D eigenvalue weighted by atomic mass is 16.2. The van der Waals surface area contributed by atoms with Gasteiger partial charge in [-0.1, -0.05) is 77.6 Å². The molecule has 1 amide bonds. The molecule has 146 valence electrons. The van der Waals surface area contributed by atoms with E-state index in [9.17, 15) is 4.79 Å². The average Bonchev–Trinajstić information content (AvgIpc) is 2.59. The lowest BCUT2D eigenvalue weighted by Crippen LogP contribution is -2.70. The van der Waals surface area contributed by atoms with Crippen LogP contribution in [0.25, 0.3) is 0 Å². The maximum Gasteiger partial charge on any atom is 0.242 e. The van der Waals surface area contributed by atoms with Crippen LogP contribution in [0, 0.1) is 0 Å². The summed E-state index contributed by atoms with van der Waals surface area (Å²) >= 11 is 0. The Bertz CT molecular complexity index is 393. The summed E-state index contributed by atoms with van der Waals surface area (Å²) in [5, 5.41) is 3.62. The Balaban J connectivity index is 1.64. The molecule has 0 aromatic heterocycles. The summed E-state index contributed by atoms with van der Waals surface area (Å²) in [6, 6.07) is 0.970. The van der Waals surface area contributed by atoms with E-state index < -0.39 is 0 Å². The summed E-state index contributed by atoms with van der Waals surface area (Å²) in [7, 11) is 0. The van der Waals surface area contributed by atoms with Crippen molar-refractivity contribution in [2.75, 3.05) is 6.54 Å². The predicted molar refractivity (Wildman–Crippen MR) is 107 cm³/mol. The second-order valence-electron chi connectivity index (χ2n) is 8.91. The molecule has 0 bridgehead atoms. The number of rotatable bonds is 11. The van der Waals surface area contributed by atoms with Gasteiger partial charge in [0.05, 0.1) is 5.54 Å². The van der Waals surface area contributed by atoms with Gasteiger partial charge in [0.25, 0.3) is 0 Å². The van der Waals surface area contributed by atoms with Crippen molar-refractivity contribution in [3.8, 4) is 0 Å². The first kappa shape index (κ1) is 20.7. The van der Waals surface area contributed by atoms with Crippen LogP contribution in [-0.2, 0) is 4.79 Å². The predicted octanol–water partition coefficient (Wildman–Crippen LogP) is 5.43. The van der Waals surface area contributed by atoms with Crippen LogP contribution in [0.3, 0.4) is 0 Å². The molecule has 2 fully saturated rings. The number of amides is 1. The molecule has 1 aliphatic heterocycles. The summed E-state index contributed by atoms with van der Waals surface area (Å²) in [6.45, 7) is 7.37. The SMILES string of the molecule is CCCCCCCCCCCCN1C(=O)C(C)(C)N[C@H]2CCCC[C@@H]21. The Hall–Kier alpha value is -0.570. The molecule has 0 spiro atoms. The molecule has 2 aliphatic rings. The molecule has 2 rings (SSSR count). The van der Waals surface area contributed by atoms with Crippen LogP contribution in [-0.4, -0.2) is 35.0 Å². The first-order chi connectivity index (χ1) is 12.1. The van der Waals surface area contributed by atoms with E-state index in [4.69, 9.17) is 0 Å². The van der Waals surface area contributed by atoms with Gasteiger partial charge in [-0.05, 0) is 33.1 Å². The molecule has 3 nitrogen and oxygen atoms in total. The van der Waals surface area contributed by atoms with E-state index in [1.54, 1.807) is 0 Å². The van der Waals surface area contributed by atoms with E-state index in [0.717, 1.165) is 6.54 Å². The van der Waals surface area contributed by atoms with Gasteiger partial charge in [0, 0.05) is 18.6 Å². The van der Waals surface area contributed by atoms with Crippen molar-refractivity contribution in [3.05, 3.63) is 0 Å². The number of unbranched alkanes of at least 4 members (excludes halogenated alkanes) is 9. The topological polar surface area (TPSA) is 32.3 Å². The van der Waals surface area contributed by atoms with Crippen molar-refractivity contribution in [3.63, 3.8) is 0 Å². The highest BCUT2D eigenvalue weighted by Crippen LogP contribution is 2.31. The van der Waals surface area contributed by atoms with Crippen LogP contribution >= 0.6 is 0 Å². The van der Waals surface area contributed by atoms with Gasteiger partial charge in [0.2, 0.25) is 5.91 Å². The Morgan fingerprint density at radius 1 is 0.920 bits per heavy atom. The smallest absolute Gasteiger partial charge is 0.242 e. The summed E-state index contributed by atoms with van der Waals surface area (Å²) in [5.74, 6) is 0.326. The third-order valence-corrected chi connectivity index (χ3v) is 6.22. The lowest BCUT2D eigenvalue weighted by Gasteiger charge is -2.50. The van der Waals surface area contributed by atoms with Crippen LogP contribution in [0.1, 0.15) is 111 Å². The van der Waals surface area contributed by atoms with Gasteiger partial charge in [-0.2, -0.15) is 0 Å². The van der Waals surface area contributed by atoms with E-state index >= 15 is 0 Å². The van der Waals surface area contributed by atoms with Crippen LogP contribution in [0.4, 0.5) is 0 Å². The molecule has 1 N–H and O–H groups in total. The molecule has 0 aromatic carbocycles. The highest BCUT2D eigenvalue weighted by Gasteiger charge is 2.45. The number of piperazine rings is 1. The van der Waals surface area contributed by atoms with Crippen molar-refractivity contribution in [1.29, 1.82) is 0 Å². The Morgan fingerprint density at radius 3 is 2.12 bits per heavy atom. The largest absolute Gasteiger partial charge is 0.337 e. The number of nitrogens with zero attached hydrogens (tertiary/aromatic N) is 1. The number of fused-ring (bicyclic) bond motifs is 1. The second-order valence-corrected chi connectivity index (χ2v) is 8.91. The van der Waals surface area contributed by atoms with Gasteiger partial charge in [-0.15, -0.1) is 0 Å². The van der Waals surface area contributed by atoms with Gasteiger partial charge in [0.15, 0.2) is 0 Å². The zero-order valence-corrected chi connectivity index (χ0v) is 17.1. The summed E-state index contributed by atoms with van der Waals surface area (Å²) < 4.78 is 0. The summed E-state index contributed by atoms with van der Waals surface area (Å²) in [6.07, 6.45) is 18.6. The van der Waals surface area contributed by atoms with Gasteiger partial charge in [0.1, 0.15) is 0 Å². The average molecular weight is 351 g/mol. The highest BCUT2D eigenvalue weighted by molar-refractivity contribution is 5.86. The van der Waals surface area contributed by atoms with E-state index in [1.165, 1.54) is 89.9 Å². The molecular weight excluding hydrogens is 308 g/mol. The van der Waals surface area contributed by atoms with Crippen molar-refractivity contribution in [1.82, 2.24) is 10.2 Å². The minimum Gasteiger partial charge on any atom is -0.337 e. The maximum absolute atomic E-state index is 12.9. The first-order valence-electron chi connectivity index (χ1n) is 11.1. The molecule has 0 unspecified atom stereocenters. The minimum atomic E-state index is -0.378. The van der Waals surface area contributed by atoms with Crippen LogP contribution in [0.5, 0.6) is 0 Å². The lowest BCUT2D eigenvalue weighted by molar-refractivity contribution is -0.147. The summed E-state index contributed by atoms with van der Waals surface area (Å²) in [4.78, 5) is 15.1. The molecule has 0 aromatic rings. The second kappa shape index (κ2) is 10.5. The first-order valence-corrected chi connectivity index (χ1v) is 11.1.